The highest BCUT2D eigenvalue weighted by Gasteiger charge is 2.53. The summed E-state index contributed by atoms with van der Waals surface area (Å²) in [6.45, 7) is 2.05. The van der Waals surface area contributed by atoms with Gasteiger partial charge in [0.15, 0.2) is 0 Å². The van der Waals surface area contributed by atoms with Crippen molar-refractivity contribution in [2.24, 2.45) is 0 Å². The number of nitro groups is 1. The molecule has 0 saturated carbocycles. The van der Waals surface area contributed by atoms with E-state index in [4.69, 9.17) is 4.74 Å². The van der Waals surface area contributed by atoms with Gasteiger partial charge >= 0.3 is 6.03 Å². The zero-order chi connectivity index (χ0) is 25.3. The zero-order valence-corrected chi connectivity index (χ0v) is 18.7. The normalized spacial score (nSPS) is 23.2. The smallest absolute Gasteiger partial charge is 0.322 e. The number of benzene rings is 1. The summed E-state index contributed by atoms with van der Waals surface area (Å²) in [6.07, 6.45) is 0.0468. The number of likely N-dealkylation sites (tertiary alicyclic amines) is 1. The van der Waals surface area contributed by atoms with Gasteiger partial charge in [0.1, 0.15) is 23.8 Å². The van der Waals surface area contributed by atoms with Gasteiger partial charge in [-0.25, -0.2) is 4.79 Å². The molecule has 0 unspecified atom stereocenters. The van der Waals surface area contributed by atoms with Crippen LogP contribution in [0.4, 0.5) is 16.2 Å². The van der Waals surface area contributed by atoms with Gasteiger partial charge in [0.05, 0.1) is 24.4 Å². The average Bonchev–Trinajstić information content (AvgIpc) is 3.36. The highest BCUT2D eigenvalue weighted by atomic mass is 16.6. The van der Waals surface area contributed by atoms with E-state index in [9.17, 15) is 34.1 Å². The van der Waals surface area contributed by atoms with Crippen LogP contribution in [0.1, 0.15) is 26.2 Å². The number of nitrogens with one attached hydrogen (secondary N) is 4. The summed E-state index contributed by atoms with van der Waals surface area (Å²) in [5.41, 5.74) is -0.404. The van der Waals surface area contributed by atoms with Crippen molar-refractivity contribution in [3.05, 3.63) is 34.4 Å². The van der Waals surface area contributed by atoms with E-state index in [1.165, 1.54) is 36.1 Å². The number of carbonyl (C=O) groups is 5. The van der Waals surface area contributed by atoms with E-state index < -0.39 is 52.5 Å². The highest BCUT2D eigenvalue weighted by Crippen LogP contribution is 2.38. The molecule has 1 aromatic carbocycles. The first-order chi connectivity index (χ1) is 16.5. The van der Waals surface area contributed by atoms with E-state index in [1.807, 2.05) is 0 Å². The monoisotopic (exact) mass is 488 g/mol. The van der Waals surface area contributed by atoms with Crippen LogP contribution >= 0.6 is 0 Å². The van der Waals surface area contributed by atoms with E-state index in [-0.39, 0.29) is 31.1 Å². The minimum atomic E-state index is -0.895. The van der Waals surface area contributed by atoms with Crippen LogP contribution in [0.5, 0.6) is 0 Å². The van der Waals surface area contributed by atoms with E-state index in [0.29, 0.717) is 18.5 Å². The van der Waals surface area contributed by atoms with Gasteiger partial charge in [-0.15, -0.1) is 0 Å². The van der Waals surface area contributed by atoms with Crippen LogP contribution in [0.2, 0.25) is 0 Å². The number of urea groups is 1. The number of hydrogen-bond acceptors (Lipinski definition) is 8. The molecule has 3 heterocycles. The highest BCUT2D eigenvalue weighted by molar-refractivity contribution is 6.05. The molecule has 3 saturated heterocycles. The van der Waals surface area contributed by atoms with Gasteiger partial charge in [-0.3, -0.25) is 34.6 Å². The number of rotatable bonds is 7. The molecule has 35 heavy (non-hydrogen) atoms. The summed E-state index contributed by atoms with van der Waals surface area (Å²) < 4.78 is 5.92. The van der Waals surface area contributed by atoms with E-state index in [0.717, 1.165) is 0 Å². The minimum absolute atomic E-state index is 0.108. The fraction of sp³-hybridized carbons (Fsp3) is 0.476. The van der Waals surface area contributed by atoms with Gasteiger partial charge < -0.3 is 25.6 Å². The van der Waals surface area contributed by atoms with Gasteiger partial charge in [-0.05, 0) is 31.9 Å². The summed E-state index contributed by atoms with van der Waals surface area (Å²) in [5.74, 6) is -1.79. The van der Waals surface area contributed by atoms with Crippen molar-refractivity contribution < 1.29 is 33.6 Å². The Hall–Kier alpha value is -4.07. The van der Waals surface area contributed by atoms with Crippen LogP contribution in [0.3, 0.4) is 0 Å². The maximum Gasteiger partial charge on any atom is 0.322 e. The zero-order valence-electron chi connectivity index (χ0n) is 18.7. The van der Waals surface area contributed by atoms with Crippen LogP contribution < -0.4 is 21.3 Å². The molecule has 0 radical (unpaired) electrons. The Bertz CT molecular complexity index is 1080. The second-order valence-electron chi connectivity index (χ2n) is 8.82. The maximum absolute atomic E-state index is 12.6. The molecule has 0 bridgehead atoms. The van der Waals surface area contributed by atoms with E-state index >= 15 is 0 Å². The second-order valence-corrected chi connectivity index (χ2v) is 8.82. The molecule has 3 aliphatic heterocycles. The molecule has 1 aromatic rings. The molecule has 0 aliphatic carbocycles. The number of carbonyl (C=O) groups excluding carboxylic acids is 5. The van der Waals surface area contributed by atoms with Crippen LogP contribution in [-0.4, -0.2) is 76.4 Å². The summed E-state index contributed by atoms with van der Waals surface area (Å²) >= 11 is 0. The lowest BCUT2D eigenvalue weighted by atomic mass is 9.90. The van der Waals surface area contributed by atoms with Crippen molar-refractivity contribution in [2.45, 2.75) is 50.0 Å². The Kier molecular flexibility index (Phi) is 6.39. The van der Waals surface area contributed by atoms with Gasteiger partial charge in [0, 0.05) is 17.8 Å². The van der Waals surface area contributed by atoms with Crippen molar-refractivity contribution in [3.63, 3.8) is 0 Å². The number of nitro benzene ring substituents is 1. The second kappa shape index (κ2) is 9.29. The molecule has 1 spiro atoms. The fourth-order valence-corrected chi connectivity index (χ4v) is 4.25. The molecule has 6 amide bonds. The molecule has 3 fully saturated rings. The lowest BCUT2D eigenvalue weighted by molar-refractivity contribution is -0.384. The summed E-state index contributed by atoms with van der Waals surface area (Å²) in [5, 5.41) is 20.4. The topological polar surface area (TPSA) is 189 Å². The number of ether oxygens (including phenoxy) is 1. The molecule has 4 N–H and O–H groups in total. The number of amides is 6. The first-order valence-electron chi connectivity index (χ1n) is 11.0. The molecule has 4 rings (SSSR count). The molecule has 3 aliphatic rings. The van der Waals surface area contributed by atoms with Crippen molar-refractivity contribution >= 4 is 41.0 Å². The average molecular weight is 488 g/mol. The van der Waals surface area contributed by atoms with Crippen LogP contribution in [-0.2, 0) is 23.9 Å². The van der Waals surface area contributed by atoms with Gasteiger partial charge in [0.2, 0.25) is 17.7 Å². The van der Waals surface area contributed by atoms with Crippen molar-refractivity contribution in [1.29, 1.82) is 0 Å². The number of imide groups is 1. The molecule has 14 heteroatoms. The summed E-state index contributed by atoms with van der Waals surface area (Å²) in [7, 11) is 0. The quantitative estimate of drug-likeness (QED) is 0.222. The largest absolute Gasteiger partial charge is 0.358 e. The molecular formula is C21H24N6O8. The van der Waals surface area contributed by atoms with Crippen LogP contribution in [0.25, 0.3) is 0 Å². The Morgan fingerprint density at radius 3 is 2.54 bits per heavy atom. The molecule has 186 valence electrons. The number of hydrogen-bond donors (Lipinski definition) is 4. The molecule has 3 atom stereocenters. The summed E-state index contributed by atoms with van der Waals surface area (Å²) in [4.78, 5) is 71.9. The van der Waals surface area contributed by atoms with Gasteiger partial charge in [0.25, 0.3) is 11.6 Å². The predicted molar refractivity (Wildman–Crippen MR) is 118 cm³/mol. The number of non-ortho nitro benzene ring substituents is 1. The lowest BCUT2D eigenvalue weighted by Crippen LogP contribution is -2.64. The Balaban J connectivity index is 1.21. The SMILES string of the molecule is C[C@H](NC(=O)[C@@H]1CCC2(CN(C(=O)C[C@@H]3NC(=O)NC3=O)C2)O1)C(=O)Nc1ccc([N+](=O)[O-])cc1. The lowest BCUT2D eigenvalue weighted by Gasteiger charge is -2.47. The van der Waals surface area contributed by atoms with E-state index in [1.54, 1.807) is 0 Å². The van der Waals surface area contributed by atoms with Crippen molar-refractivity contribution in [1.82, 2.24) is 20.9 Å². The maximum atomic E-state index is 12.6. The molecular weight excluding hydrogens is 464 g/mol. The molecule has 0 aromatic heterocycles. The summed E-state index contributed by atoms with van der Waals surface area (Å²) in [6, 6.07) is 2.90. The third kappa shape index (κ3) is 5.21. The van der Waals surface area contributed by atoms with Gasteiger partial charge in [-0.2, -0.15) is 0 Å². The fourth-order valence-electron chi connectivity index (χ4n) is 4.25. The standard InChI is InChI=1S/C21H24N6O8/c1-11(17(29)23-12-2-4-13(5-3-12)27(33)34)22-19(31)15-6-7-21(35-15)9-26(10-21)16(28)8-14-18(30)25-20(32)24-14/h2-5,11,14-15H,6-10H2,1H3,(H,22,31)(H,23,29)(H2,24,25,30,32)/t11-,14-,15-/m0/s1. The third-order valence-electron chi connectivity index (χ3n) is 6.19. The first-order valence-corrected chi connectivity index (χ1v) is 11.0. The molecule has 14 nitrogen and oxygen atoms in total. The van der Waals surface area contributed by atoms with Crippen LogP contribution in [0, 0.1) is 10.1 Å². The van der Waals surface area contributed by atoms with Crippen LogP contribution in [0.15, 0.2) is 24.3 Å². The minimum Gasteiger partial charge on any atom is -0.358 e. The van der Waals surface area contributed by atoms with Crippen molar-refractivity contribution in [2.75, 3.05) is 18.4 Å². The Labute approximate surface area is 198 Å². The predicted octanol–water partition coefficient (Wildman–Crippen LogP) is -0.604. The first kappa shape index (κ1) is 24.1. The van der Waals surface area contributed by atoms with Gasteiger partial charge in [-0.1, -0.05) is 0 Å². The Morgan fingerprint density at radius 2 is 1.94 bits per heavy atom. The van der Waals surface area contributed by atoms with Crippen molar-refractivity contribution in [3.8, 4) is 0 Å². The number of nitrogens with zero attached hydrogens (tertiary/aromatic N) is 2. The van der Waals surface area contributed by atoms with E-state index in [2.05, 4.69) is 21.3 Å². The Morgan fingerprint density at radius 1 is 1.26 bits per heavy atom. The number of anilines is 1. The third-order valence-corrected chi connectivity index (χ3v) is 6.19.